The van der Waals surface area contributed by atoms with Gasteiger partial charge < -0.3 is 15.2 Å². The lowest BCUT2D eigenvalue weighted by molar-refractivity contribution is 0.348. The standard InChI is InChI=1S/C15H24ClNO2/c1-9(2)11-8-12(18-4)15(19-5)13(14(11)16)10(3)6-7-17/h8-10H,6-7,17H2,1-5H3. The molecule has 1 rings (SSSR count). The molecule has 1 aromatic rings. The Morgan fingerprint density at radius 2 is 1.84 bits per heavy atom. The van der Waals surface area contributed by atoms with E-state index in [-0.39, 0.29) is 5.92 Å². The molecule has 0 aromatic heterocycles. The molecule has 0 aliphatic rings. The van der Waals surface area contributed by atoms with Crippen LogP contribution in [-0.4, -0.2) is 20.8 Å². The lowest BCUT2D eigenvalue weighted by atomic mass is 9.91. The van der Waals surface area contributed by atoms with Gasteiger partial charge in [-0.25, -0.2) is 0 Å². The predicted molar refractivity (Wildman–Crippen MR) is 80.7 cm³/mol. The Hall–Kier alpha value is -0.930. The van der Waals surface area contributed by atoms with Crippen LogP contribution in [-0.2, 0) is 0 Å². The Labute approximate surface area is 121 Å². The van der Waals surface area contributed by atoms with Crippen molar-refractivity contribution in [3.63, 3.8) is 0 Å². The van der Waals surface area contributed by atoms with Gasteiger partial charge in [-0.3, -0.25) is 0 Å². The van der Waals surface area contributed by atoms with Gasteiger partial charge in [0.2, 0.25) is 0 Å². The first-order chi connectivity index (χ1) is 8.97. The lowest BCUT2D eigenvalue weighted by Crippen LogP contribution is -2.09. The third-order valence-corrected chi connectivity index (χ3v) is 3.81. The van der Waals surface area contributed by atoms with Crippen molar-refractivity contribution in [1.29, 1.82) is 0 Å². The monoisotopic (exact) mass is 285 g/mol. The first kappa shape index (κ1) is 16.1. The van der Waals surface area contributed by atoms with Gasteiger partial charge in [0.05, 0.1) is 19.2 Å². The van der Waals surface area contributed by atoms with E-state index in [1.165, 1.54) is 0 Å². The Bertz CT molecular complexity index is 433. The van der Waals surface area contributed by atoms with Crippen LogP contribution < -0.4 is 15.2 Å². The zero-order chi connectivity index (χ0) is 14.6. The van der Waals surface area contributed by atoms with Crippen LogP contribution in [0.3, 0.4) is 0 Å². The number of ether oxygens (including phenoxy) is 2. The summed E-state index contributed by atoms with van der Waals surface area (Å²) in [4.78, 5) is 0. The molecule has 0 saturated heterocycles. The van der Waals surface area contributed by atoms with Gasteiger partial charge in [-0.2, -0.15) is 0 Å². The Morgan fingerprint density at radius 3 is 2.26 bits per heavy atom. The van der Waals surface area contributed by atoms with E-state index in [1.54, 1.807) is 14.2 Å². The van der Waals surface area contributed by atoms with Crippen molar-refractivity contribution < 1.29 is 9.47 Å². The molecule has 0 saturated carbocycles. The summed E-state index contributed by atoms with van der Waals surface area (Å²) in [6.45, 7) is 6.96. The van der Waals surface area contributed by atoms with Crippen molar-refractivity contribution in [1.82, 2.24) is 0 Å². The largest absolute Gasteiger partial charge is 0.493 e. The molecule has 0 radical (unpaired) electrons. The highest BCUT2D eigenvalue weighted by Gasteiger charge is 2.23. The molecule has 19 heavy (non-hydrogen) atoms. The fourth-order valence-electron chi connectivity index (χ4n) is 2.27. The predicted octanol–water partition coefficient (Wildman–Crippen LogP) is 3.93. The van der Waals surface area contributed by atoms with E-state index < -0.39 is 0 Å². The minimum absolute atomic E-state index is 0.236. The number of hydrogen-bond donors (Lipinski definition) is 1. The van der Waals surface area contributed by atoms with E-state index in [2.05, 4.69) is 20.8 Å². The van der Waals surface area contributed by atoms with Crippen molar-refractivity contribution >= 4 is 11.6 Å². The molecule has 0 amide bonds. The molecule has 0 fully saturated rings. The van der Waals surface area contributed by atoms with Crippen LogP contribution in [0.1, 0.15) is 50.2 Å². The van der Waals surface area contributed by atoms with Crippen molar-refractivity contribution in [3.05, 3.63) is 22.2 Å². The molecule has 108 valence electrons. The van der Waals surface area contributed by atoms with Gasteiger partial charge in [0.15, 0.2) is 11.5 Å². The SMILES string of the molecule is COc1cc(C(C)C)c(Cl)c(C(C)CCN)c1OC. The third kappa shape index (κ3) is 3.34. The first-order valence-corrected chi connectivity index (χ1v) is 6.99. The average molecular weight is 286 g/mol. The number of nitrogens with two attached hydrogens (primary N) is 1. The molecule has 0 aliphatic heterocycles. The van der Waals surface area contributed by atoms with Crippen LogP contribution >= 0.6 is 11.6 Å². The molecule has 0 spiro atoms. The van der Waals surface area contributed by atoms with Crippen LogP contribution in [0.2, 0.25) is 5.02 Å². The minimum atomic E-state index is 0.236. The summed E-state index contributed by atoms with van der Waals surface area (Å²) >= 11 is 6.57. The Balaban J connectivity index is 3.49. The van der Waals surface area contributed by atoms with Gasteiger partial charge in [0.25, 0.3) is 0 Å². The maximum absolute atomic E-state index is 6.57. The number of rotatable bonds is 6. The van der Waals surface area contributed by atoms with E-state index in [4.69, 9.17) is 26.8 Å². The number of benzene rings is 1. The molecule has 4 heteroatoms. The molecule has 1 aromatic carbocycles. The maximum Gasteiger partial charge on any atom is 0.165 e. The molecule has 0 bridgehead atoms. The summed E-state index contributed by atoms with van der Waals surface area (Å²) in [5.74, 6) is 2.02. The highest BCUT2D eigenvalue weighted by atomic mass is 35.5. The van der Waals surface area contributed by atoms with Crippen molar-refractivity contribution in [2.45, 2.75) is 39.0 Å². The zero-order valence-corrected chi connectivity index (χ0v) is 13.2. The minimum Gasteiger partial charge on any atom is -0.493 e. The average Bonchev–Trinajstić information content (AvgIpc) is 2.37. The number of halogens is 1. The van der Waals surface area contributed by atoms with E-state index in [9.17, 15) is 0 Å². The highest BCUT2D eigenvalue weighted by Crippen LogP contribution is 2.45. The third-order valence-electron chi connectivity index (χ3n) is 3.38. The second-order valence-corrected chi connectivity index (χ2v) is 5.44. The normalized spacial score (nSPS) is 12.6. The van der Waals surface area contributed by atoms with Gasteiger partial charge in [0.1, 0.15) is 0 Å². The fourth-order valence-corrected chi connectivity index (χ4v) is 2.82. The van der Waals surface area contributed by atoms with Crippen LogP contribution in [0.4, 0.5) is 0 Å². The van der Waals surface area contributed by atoms with E-state index in [0.29, 0.717) is 12.5 Å². The molecule has 0 aliphatic carbocycles. The summed E-state index contributed by atoms with van der Waals surface area (Å²) < 4.78 is 10.9. The van der Waals surface area contributed by atoms with Crippen molar-refractivity contribution in [2.24, 2.45) is 5.73 Å². The van der Waals surface area contributed by atoms with Gasteiger partial charge >= 0.3 is 0 Å². The molecule has 3 nitrogen and oxygen atoms in total. The van der Waals surface area contributed by atoms with Crippen LogP contribution in [0.25, 0.3) is 0 Å². The van der Waals surface area contributed by atoms with Gasteiger partial charge in [-0.15, -0.1) is 0 Å². The molecular weight excluding hydrogens is 262 g/mol. The van der Waals surface area contributed by atoms with Gasteiger partial charge in [0, 0.05) is 5.56 Å². The maximum atomic E-state index is 6.57. The number of methoxy groups -OCH3 is 2. The van der Waals surface area contributed by atoms with E-state index in [1.807, 2.05) is 6.07 Å². The highest BCUT2D eigenvalue weighted by molar-refractivity contribution is 6.32. The fraction of sp³-hybridized carbons (Fsp3) is 0.600. The summed E-state index contributed by atoms with van der Waals surface area (Å²) in [6.07, 6.45) is 0.862. The molecule has 1 unspecified atom stereocenters. The quantitative estimate of drug-likeness (QED) is 0.861. The summed E-state index contributed by atoms with van der Waals surface area (Å²) in [5, 5.41) is 0.772. The summed E-state index contributed by atoms with van der Waals surface area (Å²) in [6, 6.07) is 1.96. The second-order valence-electron chi connectivity index (χ2n) is 5.06. The van der Waals surface area contributed by atoms with E-state index in [0.717, 1.165) is 34.1 Å². The molecule has 1 atom stereocenters. The lowest BCUT2D eigenvalue weighted by Gasteiger charge is -2.22. The van der Waals surface area contributed by atoms with Crippen molar-refractivity contribution in [2.75, 3.05) is 20.8 Å². The van der Waals surface area contributed by atoms with Crippen LogP contribution in [0, 0.1) is 0 Å². The van der Waals surface area contributed by atoms with Gasteiger partial charge in [-0.05, 0) is 36.4 Å². The Morgan fingerprint density at radius 1 is 1.21 bits per heavy atom. The zero-order valence-electron chi connectivity index (χ0n) is 12.4. The smallest absolute Gasteiger partial charge is 0.165 e. The van der Waals surface area contributed by atoms with Gasteiger partial charge in [-0.1, -0.05) is 32.4 Å². The van der Waals surface area contributed by atoms with Crippen LogP contribution in [0.5, 0.6) is 11.5 Å². The Kier molecular flexibility index (Phi) is 5.95. The van der Waals surface area contributed by atoms with Crippen molar-refractivity contribution in [3.8, 4) is 11.5 Å². The molecular formula is C15H24ClNO2. The van der Waals surface area contributed by atoms with Crippen LogP contribution in [0.15, 0.2) is 6.07 Å². The first-order valence-electron chi connectivity index (χ1n) is 6.62. The summed E-state index contributed by atoms with van der Waals surface area (Å²) in [7, 11) is 3.29. The number of hydrogen-bond acceptors (Lipinski definition) is 3. The molecule has 0 heterocycles. The summed E-state index contributed by atoms with van der Waals surface area (Å²) in [5.41, 5.74) is 7.74. The molecule has 2 N–H and O–H groups in total. The van der Waals surface area contributed by atoms with E-state index >= 15 is 0 Å². The second kappa shape index (κ2) is 7.01. The topological polar surface area (TPSA) is 44.5 Å².